The zero-order valence-electron chi connectivity index (χ0n) is 8.47. The van der Waals surface area contributed by atoms with Gasteiger partial charge in [-0.15, -0.1) is 11.6 Å². The van der Waals surface area contributed by atoms with E-state index in [1.165, 1.54) is 6.07 Å². The second kappa shape index (κ2) is 6.62. The van der Waals surface area contributed by atoms with Crippen LogP contribution < -0.4 is 0 Å². The van der Waals surface area contributed by atoms with Crippen molar-refractivity contribution in [2.75, 3.05) is 5.88 Å². The van der Waals surface area contributed by atoms with Crippen LogP contribution in [0.2, 0.25) is 5.02 Å². The van der Waals surface area contributed by atoms with Gasteiger partial charge in [-0.1, -0.05) is 18.5 Å². The van der Waals surface area contributed by atoms with E-state index >= 15 is 0 Å². The highest BCUT2D eigenvalue weighted by Gasteiger charge is 2.06. The van der Waals surface area contributed by atoms with Gasteiger partial charge in [0, 0.05) is 21.9 Å². The van der Waals surface area contributed by atoms with Gasteiger partial charge < -0.3 is 0 Å². The van der Waals surface area contributed by atoms with Gasteiger partial charge in [-0.3, -0.25) is 0 Å². The van der Waals surface area contributed by atoms with Crippen LogP contribution in [-0.4, -0.2) is 11.1 Å². The summed E-state index contributed by atoms with van der Waals surface area (Å²) < 4.78 is 13.3. The van der Waals surface area contributed by atoms with E-state index in [1.807, 2.05) is 0 Å². The molecule has 0 aliphatic heterocycles. The van der Waals surface area contributed by atoms with E-state index in [1.54, 1.807) is 23.9 Å². The Morgan fingerprint density at radius 1 is 1.47 bits per heavy atom. The Labute approximate surface area is 104 Å². The highest BCUT2D eigenvalue weighted by molar-refractivity contribution is 7.99. The van der Waals surface area contributed by atoms with E-state index < -0.39 is 0 Å². The van der Waals surface area contributed by atoms with Crippen molar-refractivity contribution >= 4 is 35.0 Å². The Morgan fingerprint density at radius 3 is 2.87 bits per heavy atom. The highest BCUT2D eigenvalue weighted by atomic mass is 35.5. The average Bonchev–Trinajstić information content (AvgIpc) is 2.20. The first-order valence-electron chi connectivity index (χ1n) is 4.75. The minimum absolute atomic E-state index is 0.190. The molecule has 0 saturated carbocycles. The summed E-state index contributed by atoms with van der Waals surface area (Å²) in [5.41, 5.74) is 0.661. The van der Waals surface area contributed by atoms with Crippen molar-refractivity contribution in [2.24, 2.45) is 0 Å². The Balaban J connectivity index is 2.53. The molecule has 0 heterocycles. The topological polar surface area (TPSA) is 0 Å². The van der Waals surface area contributed by atoms with Crippen molar-refractivity contribution < 1.29 is 4.39 Å². The SMILES string of the molecule is CC(CCCl)SCc1cc(Cl)ccc1F. The summed E-state index contributed by atoms with van der Waals surface area (Å²) in [4.78, 5) is 0. The van der Waals surface area contributed by atoms with E-state index in [0.29, 0.717) is 27.5 Å². The molecule has 15 heavy (non-hydrogen) atoms. The molecule has 0 nitrogen and oxygen atoms in total. The summed E-state index contributed by atoms with van der Waals surface area (Å²) in [7, 11) is 0. The van der Waals surface area contributed by atoms with Crippen LogP contribution in [0.25, 0.3) is 0 Å². The van der Waals surface area contributed by atoms with Gasteiger partial charge in [0.1, 0.15) is 5.82 Å². The standard InChI is InChI=1S/C11H13Cl2FS/c1-8(4-5-12)15-7-9-6-10(13)2-3-11(9)14/h2-3,6,8H,4-5,7H2,1H3. The maximum Gasteiger partial charge on any atom is 0.127 e. The fraction of sp³-hybridized carbons (Fsp3) is 0.455. The Kier molecular flexibility index (Phi) is 5.80. The van der Waals surface area contributed by atoms with Crippen LogP contribution in [0.5, 0.6) is 0 Å². The first kappa shape index (κ1) is 13.1. The fourth-order valence-corrected chi connectivity index (χ4v) is 2.74. The first-order chi connectivity index (χ1) is 7.13. The molecule has 0 fully saturated rings. The van der Waals surface area contributed by atoms with E-state index in [2.05, 4.69) is 6.92 Å². The number of alkyl halides is 1. The summed E-state index contributed by atoms with van der Waals surface area (Å²) in [6.45, 7) is 2.09. The molecule has 0 amide bonds. The Morgan fingerprint density at radius 2 is 2.20 bits per heavy atom. The van der Waals surface area contributed by atoms with Crippen LogP contribution in [-0.2, 0) is 5.75 Å². The molecule has 1 atom stereocenters. The van der Waals surface area contributed by atoms with Crippen LogP contribution in [0.1, 0.15) is 18.9 Å². The maximum absolute atomic E-state index is 13.3. The third-order valence-corrected chi connectivity index (χ3v) is 3.78. The van der Waals surface area contributed by atoms with Crippen molar-refractivity contribution in [3.63, 3.8) is 0 Å². The largest absolute Gasteiger partial charge is 0.207 e. The lowest BCUT2D eigenvalue weighted by atomic mass is 10.2. The quantitative estimate of drug-likeness (QED) is 0.695. The van der Waals surface area contributed by atoms with E-state index in [0.717, 1.165) is 6.42 Å². The lowest BCUT2D eigenvalue weighted by molar-refractivity contribution is 0.617. The molecule has 4 heteroatoms. The molecular formula is C11H13Cl2FS. The summed E-state index contributed by atoms with van der Waals surface area (Å²) in [5.74, 6) is 1.10. The minimum Gasteiger partial charge on any atom is -0.207 e. The highest BCUT2D eigenvalue weighted by Crippen LogP contribution is 2.24. The number of hydrogen-bond donors (Lipinski definition) is 0. The number of hydrogen-bond acceptors (Lipinski definition) is 1. The van der Waals surface area contributed by atoms with E-state index in [4.69, 9.17) is 23.2 Å². The number of halogens is 3. The lowest BCUT2D eigenvalue weighted by Crippen LogP contribution is -1.98. The van der Waals surface area contributed by atoms with E-state index in [9.17, 15) is 4.39 Å². The van der Waals surface area contributed by atoms with Crippen LogP contribution in [0.15, 0.2) is 18.2 Å². The third kappa shape index (κ3) is 4.62. The van der Waals surface area contributed by atoms with Gasteiger partial charge in [-0.2, -0.15) is 11.8 Å². The van der Waals surface area contributed by atoms with Gasteiger partial charge in [0.2, 0.25) is 0 Å². The first-order valence-corrected chi connectivity index (χ1v) is 6.71. The zero-order valence-corrected chi connectivity index (χ0v) is 10.8. The smallest absolute Gasteiger partial charge is 0.127 e. The summed E-state index contributed by atoms with van der Waals surface area (Å²) in [6.07, 6.45) is 0.939. The molecule has 1 aromatic rings. The van der Waals surface area contributed by atoms with Crippen molar-refractivity contribution in [3.8, 4) is 0 Å². The van der Waals surface area contributed by atoms with E-state index in [-0.39, 0.29) is 5.82 Å². The molecule has 0 saturated heterocycles. The molecule has 0 spiro atoms. The summed E-state index contributed by atoms with van der Waals surface area (Å²) >= 11 is 13.1. The monoisotopic (exact) mass is 266 g/mol. The molecule has 0 N–H and O–H groups in total. The minimum atomic E-state index is -0.190. The molecule has 84 valence electrons. The third-order valence-electron chi connectivity index (χ3n) is 2.05. The molecule has 0 radical (unpaired) electrons. The summed E-state index contributed by atoms with van der Waals surface area (Å²) in [5, 5.41) is 1.03. The predicted octanol–water partition coefficient (Wildman–Crippen LogP) is 4.73. The van der Waals surface area contributed by atoms with Crippen LogP contribution in [0.3, 0.4) is 0 Å². The molecular weight excluding hydrogens is 254 g/mol. The van der Waals surface area contributed by atoms with Gasteiger partial charge in [-0.25, -0.2) is 4.39 Å². The Hall–Kier alpha value is 0.0800. The van der Waals surface area contributed by atoms with Gasteiger partial charge in [0.05, 0.1) is 0 Å². The molecule has 1 aromatic carbocycles. The van der Waals surface area contributed by atoms with Crippen molar-refractivity contribution in [1.82, 2.24) is 0 Å². The second-order valence-electron chi connectivity index (χ2n) is 3.34. The van der Waals surface area contributed by atoms with Gasteiger partial charge >= 0.3 is 0 Å². The molecule has 0 aromatic heterocycles. The molecule has 1 rings (SSSR count). The molecule has 0 aliphatic rings. The average molecular weight is 267 g/mol. The van der Waals surface area contributed by atoms with Crippen molar-refractivity contribution in [2.45, 2.75) is 24.3 Å². The van der Waals surface area contributed by atoms with Crippen molar-refractivity contribution in [1.29, 1.82) is 0 Å². The molecule has 0 aliphatic carbocycles. The normalized spacial score (nSPS) is 12.8. The number of benzene rings is 1. The van der Waals surface area contributed by atoms with Crippen LogP contribution in [0, 0.1) is 5.82 Å². The number of rotatable bonds is 5. The second-order valence-corrected chi connectivity index (χ2v) is 5.58. The predicted molar refractivity (Wildman–Crippen MR) is 67.5 cm³/mol. The van der Waals surface area contributed by atoms with Gasteiger partial charge in [0.25, 0.3) is 0 Å². The number of thioether (sulfide) groups is 1. The maximum atomic E-state index is 13.3. The van der Waals surface area contributed by atoms with Crippen LogP contribution >= 0.6 is 35.0 Å². The molecule has 1 unspecified atom stereocenters. The van der Waals surface area contributed by atoms with Gasteiger partial charge in [0.15, 0.2) is 0 Å². The van der Waals surface area contributed by atoms with Gasteiger partial charge in [-0.05, 0) is 30.2 Å². The van der Waals surface area contributed by atoms with Crippen molar-refractivity contribution in [3.05, 3.63) is 34.6 Å². The zero-order chi connectivity index (χ0) is 11.3. The molecule has 0 bridgehead atoms. The Bertz CT molecular complexity index is 317. The van der Waals surface area contributed by atoms with Crippen LogP contribution in [0.4, 0.5) is 4.39 Å². The fourth-order valence-electron chi connectivity index (χ4n) is 1.12. The lowest BCUT2D eigenvalue weighted by Gasteiger charge is -2.09. The summed E-state index contributed by atoms with van der Waals surface area (Å²) in [6, 6.07) is 4.65.